The van der Waals surface area contributed by atoms with Gasteiger partial charge in [-0.15, -0.1) is 10.2 Å². The Hall–Kier alpha value is -2.74. The summed E-state index contributed by atoms with van der Waals surface area (Å²) < 4.78 is 7.37. The Morgan fingerprint density at radius 2 is 1.97 bits per heavy atom. The summed E-state index contributed by atoms with van der Waals surface area (Å²) in [6.07, 6.45) is 4.15. The summed E-state index contributed by atoms with van der Waals surface area (Å²) in [5.74, 6) is 1.62. The van der Waals surface area contributed by atoms with E-state index in [1.54, 1.807) is 6.26 Å². The number of anilines is 1. The van der Waals surface area contributed by atoms with Crippen LogP contribution in [0.1, 0.15) is 25.3 Å². The molecule has 3 aromatic rings. The zero-order valence-electron chi connectivity index (χ0n) is 16.5. The molecule has 0 saturated carbocycles. The van der Waals surface area contributed by atoms with Crippen LogP contribution in [0, 0.1) is 0 Å². The van der Waals surface area contributed by atoms with Gasteiger partial charge in [0.05, 0.1) is 12.0 Å². The minimum atomic E-state index is -0.0242. The Morgan fingerprint density at radius 3 is 2.66 bits per heavy atom. The second-order valence-corrected chi connectivity index (χ2v) is 7.90. The van der Waals surface area contributed by atoms with Crippen molar-refractivity contribution in [1.29, 1.82) is 0 Å². The topological polar surface area (TPSA) is 76.2 Å². The molecule has 1 aromatic carbocycles. The van der Waals surface area contributed by atoms with E-state index in [2.05, 4.69) is 44.7 Å². The van der Waals surface area contributed by atoms with Crippen molar-refractivity contribution in [1.82, 2.24) is 20.1 Å². The van der Waals surface area contributed by atoms with Crippen LogP contribution in [0.25, 0.3) is 11.6 Å². The average molecular weight is 412 g/mol. The highest BCUT2D eigenvalue weighted by molar-refractivity contribution is 7.99. The number of benzene rings is 1. The maximum atomic E-state index is 12.3. The van der Waals surface area contributed by atoms with Gasteiger partial charge in [0.2, 0.25) is 5.91 Å². The lowest BCUT2D eigenvalue weighted by molar-refractivity contribution is -0.118. The average Bonchev–Trinajstić information content (AvgIpc) is 3.52. The van der Waals surface area contributed by atoms with E-state index < -0.39 is 0 Å². The molecule has 2 aromatic heterocycles. The van der Waals surface area contributed by atoms with Gasteiger partial charge in [0.1, 0.15) is 0 Å². The second kappa shape index (κ2) is 9.17. The fourth-order valence-corrected chi connectivity index (χ4v) is 4.28. The summed E-state index contributed by atoms with van der Waals surface area (Å²) in [5, 5.41) is 12.1. The summed E-state index contributed by atoms with van der Waals surface area (Å²) in [4.78, 5) is 14.7. The minimum Gasteiger partial charge on any atom is -0.461 e. The monoisotopic (exact) mass is 411 g/mol. The summed E-state index contributed by atoms with van der Waals surface area (Å²) in [7, 11) is 0. The largest absolute Gasteiger partial charge is 0.461 e. The second-order valence-electron chi connectivity index (χ2n) is 6.95. The van der Waals surface area contributed by atoms with Crippen molar-refractivity contribution in [3.8, 4) is 11.6 Å². The van der Waals surface area contributed by atoms with Gasteiger partial charge in [-0.1, -0.05) is 23.9 Å². The van der Waals surface area contributed by atoms with Gasteiger partial charge in [-0.3, -0.25) is 9.36 Å². The third-order valence-electron chi connectivity index (χ3n) is 5.00. The molecule has 0 spiro atoms. The van der Waals surface area contributed by atoms with Gasteiger partial charge >= 0.3 is 0 Å². The number of nitrogens with one attached hydrogen (secondary N) is 1. The molecule has 1 fully saturated rings. The van der Waals surface area contributed by atoms with Gasteiger partial charge in [0, 0.05) is 31.9 Å². The number of carbonyl (C=O) groups excluding carboxylic acids is 1. The smallest absolute Gasteiger partial charge is 0.230 e. The fourth-order valence-electron chi connectivity index (χ4n) is 3.45. The number of hydrogen-bond acceptors (Lipinski definition) is 6. The summed E-state index contributed by atoms with van der Waals surface area (Å²) in [5.41, 5.74) is 2.36. The lowest BCUT2D eigenvalue weighted by Crippen LogP contribution is -2.24. The number of hydrogen-bond donors (Lipinski definition) is 1. The molecular weight excluding hydrogens is 386 g/mol. The van der Waals surface area contributed by atoms with Crippen LogP contribution >= 0.6 is 11.8 Å². The van der Waals surface area contributed by atoms with Crippen LogP contribution in [0.15, 0.2) is 52.2 Å². The van der Waals surface area contributed by atoms with Crippen molar-refractivity contribution in [2.45, 2.75) is 38.0 Å². The van der Waals surface area contributed by atoms with Crippen molar-refractivity contribution < 1.29 is 9.21 Å². The predicted octanol–water partition coefficient (Wildman–Crippen LogP) is 3.57. The Kier molecular flexibility index (Phi) is 6.19. The molecule has 0 bridgehead atoms. The quantitative estimate of drug-likeness (QED) is 0.571. The van der Waals surface area contributed by atoms with Crippen molar-refractivity contribution in [3.05, 3.63) is 48.2 Å². The van der Waals surface area contributed by atoms with Crippen LogP contribution in [-0.4, -0.2) is 39.5 Å². The predicted molar refractivity (Wildman–Crippen MR) is 114 cm³/mol. The first-order valence-corrected chi connectivity index (χ1v) is 10.9. The Balaban J connectivity index is 1.28. The molecule has 0 aliphatic carbocycles. The van der Waals surface area contributed by atoms with E-state index in [1.807, 2.05) is 23.6 Å². The molecule has 3 heterocycles. The number of rotatable bonds is 8. The van der Waals surface area contributed by atoms with Gasteiger partial charge < -0.3 is 14.6 Å². The molecule has 1 amide bonds. The van der Waals surface area contributed by atoms with E-state index in [-0.39, 0.29) is 5.91 Å². The van der Waals surface area contributed by atoms with Crippen molar-refractivity contribution in [2.24, 2.45) is 0 Å². The van der Waals surface area contributed by atoms with Gasteiger partial charge in [0.25, 0.3) is 0 Å². The number of amides is 1. The maximum Gasteiger partial charge on any atom is 0.230 e. The van der Waals surface area contributed by atoms with Gasteiger partial charge in [-0.2, -0.15) is 0 Å². The van der Waals surface area contributed by atoms with Crippen molar-refractivity contribution >= 4 is 23.4 Å². The third-order valence-corrected chi connectivity index (χ3v) is 5.97. The maximum absolute atomic E-state index is 12.3. The standard InChI is InChI=1S/C21H25N5O2S/c1-2-26-20(18-6-5-13-28-18)23-24-21(26)29-15-19(27)22-14-16-7-9-17(10-8-16)25-11-3-4-12-25/h5-10,13H,2-4,11-12,14-15H2,1H3,(H,22,27). The van der Waals surface area contributed by atoms with E-state index in [0.717, 1.165) is 18.7 Å². The molecule has 1 N–H and O–H groups in total. The molecule has 4 rings (SSSR count). The van der Waals surface area contributed by atoms with Gasteiger partial charge in [-0.25, -0.2) is 0 Å². The molecule has 1 aliphatic rings. The highest BCUT2D eigenvalue weighted by atomic mass is 32.2. The van der Waals surface area contributed by atoms with Crippen molar-refractivity contribution in [2.75, 3.05) is 23.7 Å². The first-order valence-electron chi connectivity index (χ1n) is 9.95. The lowest BCUT2D eigenvalue weighted by atomic mass is 10.2. The Labute approximate surface area is 174 Å². The summed E-state index contributed by atoms with van der Waals surface area (Å²) in [6, 6.07) is 12.1. The van der Waals surface area contributed by atoms with E-state index in [9.17, 15) is 4.79 Å². The van der Waals surface area contributed by atoms with E-state index in [1.165, 1.54) is 30.3 Å². The highest BCUT2D eigenvalue weighted by Crippen LogP contribution is 2.24. The SMILES string of the molecule is CCn1c(SCC(=O)NCc2ccc(N3CCCC3)cc2)nnc1-c1ccco1. The van der Waals surface area contributed by atoms with Crippen LogP contribution < -0.4 is 10.2 Å². The number of furan rings is 1. The zero-order valence-corrected chi connectivity index (χ0v) is 17.3. The first-order chi connectivity index (χ1) is 14.2. The van der Waals surface area contributed by atoms with E-state index in [4.69, 9.17) is 4.42 Å². The fraction of sp³-hybridized carbons (Fsp3) is 0.381. The molecule has 8 heteroatoms. The van der Waals surface area contributed by atoms with Crippen molar-refractivity contribution in [3.63, 3.8) is 0 Å². The van der Waals surface area contributed by atoms with Crippen LogP contribution in [0.5, 0.6) is 0 Å². The van der Waals surface area contributed by atoms with Crippen LogP contribution in [0.3, 0.4) is 0 Å². The van der Waals surface area contributed by atoms with E-state index in [0.29, 0.717) is 35.6 Å². The number of carbonyl (C=O) groups is 1. The summed E-state index contributed by atoms with van der Waals surface area (Å²) >= 11 is 1.38. The summed E-state index contributed by atoms with van der Waals surface area (Å²) in [6.45, 7) is 5.52. The number of thioether (sulfide) groups is 1. The Morgan fingerprint density at radius 1 is 1.17 bits per heavy atom. The van der Waals surface area contributed by atoms with Gasteiger partial charge in [0.15, 0.2) is 16.7 Å². The molecule has 29 heavy (non-hydrogen) atoms. The molecule has 1 saturated heterocycles. The molecule has 1 aliphatic heterocycles. The molecular formula is C21H25N5O2S. The van der Waals surface area contributed by atoms with E-state index >= 15 is 0 Å². The molecule has 7 nitrogen and oxygen atoms in total. The first kappa shape index (κ1) is 19.6. The highest BCUT2D eigenvalue weighted by Gasteiger charge is 2.16. The van der Waals surface area contributed by atoms with Crippen LogP contribution in [0.4, 0.5) is 5.69 Å². The third kappa shape index (κ3) is 4.64. The van der Waals surface area contributed by atoms with Crippen LogP contribution in [-0.2, 0) is 17.9 Å². The molecule has 152 valence electrons. The normalized spacial score (nSPS) is 13.8. The molecule has 0 radical (unpaired) electrons. The van der Waals surface area contributed by atoms with Gasteiger partial charge in [-0.05, 0) is 49.6 Å². The molecule has 0 atom stereocenters. The number of nitrogens with zero attached hydrogens (tertiary/aromatic N) is 4. The Bertz CT molecular complexity index is 931. The molecule has 0 unspecified atom stereocenters. The zero-order chi connectivity index (χ0) is 20.1. The minimum absolute atomic E-state index is 0.0242. The lowest BCUT2D eigenvalue weighted by Gasteiger charge is -2.17. The number of aromatic nitrogens is 3. The van der Waals surface area contributed by atoms with Crippen LogP contribution in [0.2, 0.25) is 0 Å².